The predicted molar refractivity (Wildman–Crippen MR) is 64.6 cm³/mol. The Bertz CT molecular complexity index is 398. The Kier molecular flexibility index (Phi) is 4.60. The van der Waals surface area contributed by atoms with Crippen LogP contribution in [0.15, 0.2) is 18.2 Å². The Morgan fingerprint density at radius 2 is 2.00 bits per heavy atom. The lowest BCUT2D eigenvalue weighted by atomic mass is 10.1. The van der Waals surface area contributed by atoms with Gasteiger partial charge in [0.25, 0.3) is 0 Å². The van der Waals surface area contributed by atoms with Crippen LogP contribution in [0.25, 0.3) is 0 Å². The van der Waals surface area contributed by atoms with Crippen molar-refractivity contribution in [1.82, 2.24) is 5.32 Å². The topological polar surface area (TPSA) is 30.5 Å². The number of hydrogen-bond donors (Lipinski definition) is 1. The van der Waals surface area contributed by atoms with E-state index in [1.165, 1.54) is 12.1 Å². The lowest BCUT2D eigenvalue weighted by Gasteiger charge is -2.24. The molecular weight excluding hydrogens is 264 g/mol. The lowest BCUT2D eigenvalue weighted by Crippen LogP contribution is -2.34. The smallest absolute Gasteiger partial charge is 0.387 e. The summed E-state index contributed by atoms with van der Waals surface area (Å²) in [4.78, 5) is 0. The van der Waals surface area contributed by atoms with Crippen LogP contribution in [-0.4, -0.2) is 25.8 Å². The molecule has 0 unspecified atom stereocenters. The molecule has 100 valence electrons. The van der Waals surface area contributed by atoms with Gasteiger partial charge in [-0.3, -0.25) is 0 Å². The molecule has 0 aromatic heterocycles. The van der Waals surface area contributed by atoms with Crippen LogP contribution in [0.4, 0.5) is 8.78 Å². The first kappa shape index (κ1) is 13.4. The number of nitrogens with one attached hydrogen (secondary N) is 1. The van der Waals surface area contributed by atoms with Crippen molar-refractivity contribution in [1.29, 1.82) is 0 Å². The molecule has 1 aliphatic rings. The van der Waals surface area contributed by atoms with Gasteiger partial charge in [0.15, 0.2) is 0 Å². The van der Waals surface area contributed by atoms with Gasteiger partial charge in [0.1, 0.15) is 17.6 Å². The third-order valence-electron chi connectivity index (χ3n) is 2.71. The van der Waals surface area contributed by atoms with Gasteiger partial charge in [0.2, 0.25) is 0 Å². The van der Waals surface area contributed by atoms with Crippen molar-refractivity contribution < 1.29 is 18.3 Å². The quantitative estimate of drug-likeness (QED) is 0.917. The van der Waals surface area contributed by atoms with Gasteiger partial charge in [-0.05, 0) is 38.1 Å². The highest BCUT2D eigenvalue weighted by Gasteiger charge is 2.15. The van der Waals surface area contributed by atoms with Crippen molar-refractivity contribution in [2.45, 2.75) is 25.6 Å². The third kappa shape index (κ3) is 3.71. The number of halogens is 3. The fourth-order valence-electron chi connectivity index (χ4n) is 1.85. The van der Waals surface area contributed by atoms with Crippen LogP contribution in [0.5, 0.6) is 11.5 Å². The molecule has 0 atom stereocenters. The van der Waals surface area contributed by atoms with E-state index in [4.69, 9.17) is 16.3 Å². The normalized spacial score (nSPS) is 16.9. The molecule has 1 N–H and O–H groups in total. The number of hydrogen-bond acceptors (Lipinski definition) is 3. The van der Waals surface area contributed by atoms with Gasteiger partial charge >= 0.3 is 6.61 Å². The maximum absolute atomic E-state index is 12.1. The molecule has 1 aromatic rings. The molecule has 0 saturated carbocycles. The van der Waals surface area contributed by atoms with Crippen molar-refractivity contribution in [2.24, 2.45) is 0 Å². The SMILES string of the molecule is FC(F)Oc1ccc(OC2CCNCC2)cc1Cl. The minimum Gasteiger partial charge on any atom is -0.490 e. The summed E-state index contributed by atoms with van der Waals surface area (Å²) in [7, 11) is 0. The van der Waals surface area contributed by atoms with E-state index in [2.05, 4.69) is 10.1 Å². The van der Waals surface area contributed by atoms with E-state index in [-0.39, 0.29) is 16.9 Å². The van der Waals surface area contributed by atoms with Crippen molar-refractivity contribution >= 4 is 11.6 Å². The van der Waals surface area contributed by atoms with Gasteiger partial charge in [-0.15, -0.1) is 0 Å². The summed E-state index contributed by atoms with van der Waals surface area (Å²) in [6.45, 7) is -1.03. The van der Waals surface area contributed by atoms with Crippen LogP contribution in [0.3, 0.4) is 0 Å². The molecule has 1 heterocycles. The Labute approximate surface area is 109 Å². The molecule has 0 radical (unpaired) electrons. The Hall–Kier alpha value is -1.07. The van der Waals surface area contributed by atoms with Crippen LogP contribution in [0.2, 0.25) is 5.02 Å². The molecule has 0 spiro atoms. The van der Waals surface area contributed by atoms with Gasteiger partial charge in [-0.2, -0.15) is 8.78 Å². The van der Waals surface area contributed by atoms with E-state index in [1.807, 2.05) is 0 Å². The number of alkyl halides is 2. The summed E-state index contributed by atoms with van der Waals surface area (Å²) in [5.74, 6) is 0.540. The summed E-state index contributed by atoms with van der Waals surface area (Å²) >= 11 is 5.84. The van der Waals surface area contributed by atoms with Gasteiger partial charge in [0.05, 0.1) is 5.02 Å². The molecule has 0 bridgehead atoms. The molecule has 1 fully saturated rings. The minimum absolute atomic E-state index is 0.0377. The first-order chi connectivity index (χ1) is 8.65. The van der Waals surface area contributed by atoms with E-state index >= 15 is 0 Å². The van der Waals surface area contributed by atoms with Crippen LogP contribution < -0.4 is 14.8 Å². The first-order valence-electron chi connectivity index (χ1n) is 5.77. The average molecular weight is 278 g/mol. The number of rotatable bonds is 4. The fourth-order valence-corrected chi connectivity index (χ4v) is 2.07. The first-order valence-corrected chi connectivity index (χ1v) is 6.14. The maximum Gasteiger partial charge on any atom is 0.387 e. The van der Waals surface area contributed by atoms with Crippen LogP contribution in [0.1, 0.15) is 12.8 Å². The highest BCUT2D eigenvalue weighted by molar-refractivity contribution is 6.32. The summed E-state index contributed by atoms with van der Waals surface area (Å²) in [6, 6.07) is 4.48. The number of benzene rings is 1. The molecule has 1 aliphatic heterocycles. The monoisotopic (exact) mass is 277 g/mol. The van der Waals surface area contributed by atoms with E-state index in [1.54, 1.807) is 6.07 Å². The highest BCUT2D eigenvalue weighted by atomic mass is 35.5. The van der Waals surface area contributed by atoms with E-state index in [0.717, 1.165) is 25.9 Å². The Balaban J connectivity index is 1.99. The van der Waals surface area contributed by atoms with Gasteiger partial charge in [-0.1, -0.05) is 11.6 Å². The van der Waals surface area contributed by atoms with Crippen molar-refractivity contribution in [3.8, 4) is 11.5 Å². The van der Waals surface area contributed by atoms with E-state index in [0.29, 0.717) is 5.75 Å². The second-order valence-corrected chi connectivity index (χ2v) is 4.45. The summed E-state index contributed by atoms with van der Waals surface area (Å²) in [5.41, 5.74) is 0. The lowest BCUT2D eigenvalue weighted by molar-refractivity contribution is -0.0498. The zero-order valence-corrected chi connectivity index (χ0v) is 10.4. The Morgan fingerprint density at radius 3 is 2.61 bits per heavy atom. The molecule has 0 amide bonds. The Morgan fingerprint density at radius 1 is 1.28 bits per heavy atom. The van der Waals surface area contributed by atoms with Crippen LogP contribution in [-0.2, 0) is 0 Å². The predicted octanol–water partition coefficient (Wildman–Crippen LogP) is 3.07. The third-order valence-corrected chi connectivity index (χ3v) is 3.00. The largest absolute Gasteiger partial charge is 0.490 e. The number of ether oxygens (including phenoxy) is 2. The fraction of sp³-hybridized carbons (Fsp3) is 0.500. The summed E-state index contributed by atoms with van der Waals surface area (Å²) in [6.07, 6.45) is 1.99. The summed E-state index contributed by atoms with van der Waals surface area (Å²) in [5, 5.41) is 3.36. The van der Waals surface area contributed by atoms with Gasteiger partial charge in [-0.25, -0.2) is 0 Å². The summed E-state index contributed by atoms with van der Waals surface area (Å²) < 4.78 is 34.1. The number of piperidine rings is 1. The molecular formula is C12H14ClF2NO2. The molecule has 2 rings (SSSR count). The van der Waals surface area contributed by atoms with Crippen molar-refractivity contribution in [3.63, 3.8) is 0 Å². The van der Waals surface area contributed by atoms with Crippen LogP contribution >= 0.6 is 11.6 Å². The molecule has 6 heteroatoms. The molecule has 1 saturated heterocycles. The zero-order chi connectivity index (χ0) is 13.0. The van der Waals surface area contributed by atoms with E-state index < -0.39 is 6.61 Å². The van der Waals surface area contributed by atoms with Crippen molar-refractivity contribution in [2.75, 3.05) is 13.1 Å². The molecule has 0 aliphatic carbocycles. The average Bonchev–Trinajstić information content (AvgIpc) is 2.33. The second-order valence-electron chi connectivity index (χ2n) is 4.04. The highest BCUT2D eigenvalue weighted by Crippen LogP contribution is 2.30. The van der Waals surface area contributed by atoms with Gasteiger partial charge in [0, 0.05) is 6.07 Å². The molecule has 18 heavy (non-hydrogen) atoms. The molecule has 1 aromatic carbocycles. The van der Waals surface area contributed by atoms with Crippen molar-refractivity contribution in [3.05, 3.63) is 23.2 Å². The molecule has 3 nitrogen and oxygen atoms in total. The second kappa shape index (κ2) is 6.20. The van der Waals surface area contributed by atoms with E-state index in [9.17, 15) is 8.78 Å². The standard InChI is InChI=1S/C12H14ClF2NO2/c13-10-7-9(1-2-11(10)18-12(14)15)17-8-3-5-16-6-4-8/h1-2,7-8,12,16H,3-6H2. The van der Waals surface area contributed by atoms with Crippen LogP contribution in [0, 0.1) is 0 Å². The minimum atomic E-state index is -2.88. The van der Waals surface area contributed by atoms with Gasteiger partial charge < -0.3 is 14.8 Å². The maximum atomic E-state index is 12.1. The zero-order valence-electron chi connectivity index (χ0n) is 9.67.